The van der Waals surface area contributed by atoms with Crippen molar-refractivity contribution in [3.8, 4) is 11.8 Å². The van der Waals surface area contributed by atoms with Crippen molar-refractivity contribution in [1.29, 1.82) is 0 Å². The van der Waals surface area contributed by atoms with Crippen LogP contribution in [-0.4, -0.2) is 52.3 Å². The molecule has 1 amide bonds. The van der Waals surface area contributed by atoms with Crippen LogP contribution in [0.4, 0.5) is 0 Å². The van der Waals surface area contributed by atoms with Gasteiger partial charge in [0.2, 0.25) is 0 Å². The molecule has 0 saturated carbocycles. The predicted octanol–water partition coefficient (Wildman–Crippen LogP) is 0.660. The van der Waals surface area contributed by atoms with Gasteiger partial charge in [-0.3, -0.25) is 4.79 Å². The van der Waals surface area contributed by atoms with Crippen molar-refractivity contribution in [2.75, 3.05) is 26.3 Å². The topological polar surface area (TPSA) is 73.7 Å². The number of hydrogen-bond acceptors (Lipinski definition) is 4. The Kier molecular flexibility index (Phi) is 5.73. The third-order valence-electron chi connectivity index (χ3n) is 3.53. The van der Waals surface area contributed by atoms with E-state index < -0.39 is 0 Å². The lowest BCUT2D eigenvalue weighted by molar-refractivity contribution is 0.0614. The fourth-order valence-corrected chi connectivity index (χ4v) is 2.44. The van der Waals surface area contributed by atoms with Crippen LogP contribution in [0.2, 0.25) is 0 Å². The second kappa shape index (κ2) is 7.77. The summed E-state index contributed by atoms with van der Waals surface area (Å²) in [6.45, 7) is 1.36. The summed E-state index contributed by atoms with van der Waals surface area (Å²) in [7, 11) is 0. The number of piperidine rings is 1. The number of aromatic nitrogens is 1. The van der Waals surface area contributed by atoms with Crippen LogP contribution >= 0.6 is 0 Å². The van der Waals surface area contributed by atoms with E-state index in [9.17, 15) is 9.90 Å². The van der Waals surface area contributed by atoms with Gasteiger partial charge in [-0.1, -0.05) is 11.8 Å². The fraction of sp³-hybridized carbons (Fsp3) is 0.500. The van der Waals surface area contributed by atoms with Gasteiger partial charge in [0.1, 0.15) is 5.69 Å². The first-order chi connectivity index (χ1) is 10.3. The van der Waals surface area contributed by atoms with Crippen LogP contribution in [0, 0.1) is 17.8 Å². The monoisotopic (exact) mass is 288 g/mol. The maximum absolute atomic E-state index is 12.6. The molecule has 1 aromatic heterocycles. The minimum Gasteiger partial charge on any atom is -0.396 e. The molecule has 2 N–H and O–H groups in total. The molecule has 2 rings (SSSR count). The number of aliphatic hydroxyl groups excluding tert-OH is 2. The summed E-state index contributed by atoms with van der Waals surface area (Å²) in [5.74, 6) is 5.72. The van der Waals surface area contributed by atoms with Gasteiger partial charge in [0.25, 0.3) is 5.91 Å². The zero-order valence-corrected chi connectivity index (χ0v) is 12.0. The number of rotatable bonds is 3. The van der Waals surface area contributed by atoms with Gasteiger partial charge < -0.3 is 15.1 Å². The third-order valence-corrected chi connectivity index (χ3v) is 3.53. The molecule has 0 spiro atoms. The van der Waals surface area contributed by atoms with E-state index in [0.717, 1.165) is 12.8 Å². The molecular formula is C16H20N2O3. The molecule has 21 heavy (non-hydrogen) atoms. The Hall–Kier alpha value is -1.90. The molecule has 0 bridgehead atoms. The second-order valence-electron chi connectivity index (χ2n) is 5.12. The number of amides is 1. The quantitative estimate of drug-likeness (QED) is 0.801. The molecule has 1 aliphatic heterocycles. The Balaban J connectivity index is 2.17. The minimum absolute atomic E-state index is 0.000840. The van der Waals surface area contributed by atoms with Gasteiger partial charge >= 0.3 is 0 Å². The molecule has 1 aliphatic rings. The summed E-state index contributed by atoms with van der Waals surface area (Å²) < 4.78 is 0. The van der Waals surface area contributed by atoms with E-state index in [4.69, 9.17) is 5.11 Å². The van der Waals surface area contributed by atoms with Crippen LogP contribution in [0.15, 0.2) is 18.3 Å². The highest BCUT2D eigenvalue weighted by Crippen LogP contribution is 2.18. The van der Waals surface area contributed by atoms with Crippen molar-refractivity contribution in [3.63, 3.8) is 0 Å². The van der Waals surface area contributed by atoms with E-state index in [0.29, 0.717) is 30.8 Å². The zero-order chi connectivity index (χ0) is 15.1. The maximum Gasteiger partial charge on any atom is 0.273 e. The molecule has 0 radical (unpaired) electrons. The Morgan fingerprint density at radius 2 is 2.33 bits per heavy atom. The lowest BCUT2D eigenvalue weighted by atomic mass is 9.98. The van der Waals surface area contributed by atoms with Gasteiger partial charge in [0, 0.05) is 32.3 Å². The summed E-state index contributed by atoms with van der Waals surface area (Å²) in [6.07, 6.45) is 3.80. The fourth-order valence-electron chi connectivity index (χ4n) is 2.44. The second-order valence-corrected chi connectivity index (χ2v) is 5.12. The highest BCUT2D eigenvalue weighted by atomic mass is 16.3. The maximum atomic E-state index is 12.6. The van der Waals surface area contributed by atoms with E-state index in [2.05, 4.69) is 16.8 Å². The van der Waals surface area contributed by atoms with Gasteiger partial charge in [0.05, 0.1) is 12.2 Å². The van der Waals surface area contributed by atoms with Crippen molar-refractivity contribution in [3.05, 3.63) is 29.6 Å². The number of likely N-dealkylation sites (tertiary alicyclic amines) is 1. The van der Waals surface area contributed by atoms with Crippen molar-refractivity contribution < 1.29 is 15.0 Å². The molecule has 5 heteroatoms. The van der Waals surface area contributed by atoms with E-state index in [1.54, 1.807) is 23.2 Å². The Labute approximate surface area is 124 Å². The Morgan fingerprint density at radius 3 is 3.10 bits per heavy atom. The average Bonchev–Trinajstić information content (AvgIpc) is 2.55. The van der Waals surface area contributed by atoms with Crippen LogP contribution in [0.1, 0.15) is 35.3 Å². The number of nitrogens with zero attached hydrogens (tertiary/aromatic N) is 2. The molecule has 1 aromatic rings. The van der Waals surface area contributed by atoms with Crippen molar-refractivity contribution in [2.24, 2.45) is 5.92 Å². The lowest BCUT2D eigenvalue weighted by Crippen LogP contribution is -2.41. The number of carbonyl (C=O) groups excluding carboxylic acids is 1. The van der Waals surface area contributed by atoms with Gasteiger partial charge in [-0.05, 0) is 30.9 Å². The number of pyridine rings is 1. The smallest absolute Gasteiger partial charge is 0.273 e. The Morgan fingerprint density at radius 1 is 1.48 bits per heavy atom. The lowest BCUT2D eigenvalue weighted by Gasteiger charge is -2.31. The molecule has 1 unspecified atom stereocenters. The van der Waals surface area contributed by atoms with Crippen molar-refractivity contribution in [2.45, 2.75) is 19.3 Å². The van der Waals surface area contributed by atoms with Crippen molar-refractivity contribution >= 4 is 5.91 Å². The molecule has 5 nitrogen and oxygen atoms in total. The van der Waals surface area contributed by atoms with Crippen molar-refractivity contribution in [1.82, 2.24) is 9.88 Å². The van der Waals surface area contributed by atoms with Gasteiger partial charge in [-0.2, -0.15) is 0 Å². The van der Waals surface area contributed by atoms with Gasteiger partial charge in [0.15, 0.2) is 0 Å². The molecule has 112 valence electrons. The standard InChI is InChI=1S/C16H20N2O3/c19-10-2-1-6-14-7-3-8-17-15(14)16(21)18-9-4-5-13(11-18)12-20/h3,7-8,13,19-20H,2,4-5,9-12H2. The van der Waals surface area contributed by atoms with E-state index in [1.165, 1.54) is 0 Å². The molecule has 1 saturated heterocycles. The average molecular weight is 288 g/mol. The normalized spacial score (nSPS) is 18.0. The largest absolute Gasteiger partial charge is 0.396 e. The summed E-state index contributed by atoms with van der Waals surface area (Å²) in [4.78, 5) is 18.5. The third kappa shape index (κ3) is 4.03. The highest BCUT2D eigenvalue weighted by molar-refractivity contribution is 5.94. The zero-order valence-electron chi connectivity index (χ0n) is 12.0. The van der Waals surface area contributed by atoms with Crippen LogP contribution in [0.25, 0.3) is 0 Å². The first-order valence-corrected chi connectivity index (χ1v) is 7.21. The number of aliphatic hydroxyl groups is 2. The molecular weight excluding hydrogens is 268 g/mol. The van der Waals surface area contributed by atoms with E-state index >= 15 is 0 Å². The predicted molar refractivity (Wildman–Crippen MR) is 78.5 cm³/mol. The van der Waals surface area contributed by atoms with Crippen LogP contribution in [-0.2, 0) is 0 Å². The summed E-state index contributed by atoms with van der Waals surface area (Å²) in [5.41, 5.74) is 0.934. The van der Waals surface area contributed by atoms with Gasteiger partial charge in [-0.15, -0.1) is 0 Å². The molecule has 2 heterocycles. The first kappa shape index (κ1) is 15.5. The first-order valence-electron chi connectivity index (χ1n) is 7.21. The van der Waals surface area contributed by atoms with Crippen LogP contribution in [0.5, 0.6) is 0 Å². The van der Waals surface area contributed by atoms with E-state index in [1.807, 2.05) is 0 Å². The van der Waals surface area contributed by atoms with E-state index in [-0.39, 0.29) is 25.0 Å². The summed E-state index contributed by atoms with van der Waals surface area (Å²) in [5, 5.41) is 18.0. The van der Waals surface area contributed by atoms with Crippen LogP contribution < -0.4 is 0 Å². The Bertz CT molecular complexity index is 548. The molecule has 1 atom stereocenters. The number of hydrogen-bond donors (Lipinski definition) is 2. The molecule has 0 aromatic carbocycles. The number of carbonyl (C=O) groups is 1. The minimum atomic E-state index is -0.137. The van der Waals surface area contributed by atoms with Gasteiger partial charge in [-0.25, -0.2) is 4.98 Å². The highest BCUT2D eigenvalue weighted by Gasteiger charge is 2.25. The summed E-state index contributed by atoms with van der Waals surface area (Å²) >= 11 is 0. The SMILES string of the molecule is O=C(c1ncccc1C#CCCO)N1CCCC(CO)C1. The summed E-state index contributed by atoms with van der Waals surface area (Å²) in [6, 6.07) is 3.50. The molecule has 0 aliphatic carbocycles. The van der Waals surface area contributed by atoms with Crippen LogP contribution in [0.3, 0.4) is 0 Å². The molecule has 1 fully saturated rings.